The third-order valence-corrected chi connectivity index (χ3v) is 3.39. The SMILES string of the molecule is COCCNCc1ccccc1OCCS(C)(=O)=O. The largest absolute Gasteiger partial charge is 0.492 e. The highest BCUT2D eigenvalue weighted by Crippen LogP contribution is 2.17. The number of sulfone groups is 1. The molecule has 5 nitrogen and oxygen atoms in total. The van der Waals surface area contributed by atoms with Crippen LogP contribution in [-0.2, 0) is 21.1 Å². The lowest BCUT2D eigenvalue weighted by atomic mass is 10.2. The Morgan fingerprint density at radius 1 is 1.21 bits per heavy atom. The Morgan fingerprint density at radius 2 is 1.95 bits per heavy atom. The van der Waals surface area contributed by atoms with Crippen LogP contribution in [0.2, 0.25) is 0 Å². The van der Waals surface area contributed by atoms with Crippen molar-refractivity contribution in [3.05, 3.63) is 29.8 Å². The standard InChI is InChI=1S/C13H21NO4S/c1-17-8-7-14-11-12-5-3-4-6-13(12)18-9-10-19(2,15)16/h3-6,14H,7-11H2,1-2H3. The van der Waals surface area contributed by atoms with Gasteiger partial charge in [-0.15, -0.1) is 0 Å². The average molecular weight is 287 g/mol. The van der Waals surface area contributed by atoms with E-state index in [1.807, 2.05) is 24.3 Å². The van der Waals surface area contributed by atoms with Gasteiger partial charge in [-0.25, -0.2) is 8.42 Å². The first-order valence-electron chi connectivity index (χ1n) is 6.11. The first-order valence-corrected chi connectivity index (χ1v) is 8.17. The number of ether oxygens (including phenoxy) is 2. The van der Waals surface area contributed by atoms with Crippen LogP contribution in [0.1, 0.15) is 5.56 Å². The van der Waals surface area contributed by atoms with Crippen molar-refractivity contribution in [1.29, 1.82) is 0 Å². The maximum absolute atomic E-state index is 11.0. The molecule has 0 saturated heterocycles. The molecule has 108 valence electrons. The van der Waals surface area contributed by atoms with Gasteiger partial charge in [0.05, 0.1) is 12.4 Å². The van der Waals surface area contributed by atoms with Crippen LogP contribution in [0.4, 0.5) is 0 Å². The first kappa shape index (κ1) is 15.9. The van der Waals surface area contributed by atoms with Crippen LogP contribution in [0.3, 0.4) is 0 Å². The van der Waals surface area contributed by atoms with E-state index in [4.69, 9.17) is 9.47 Å². The predicted molar refractivity (Wildman–Crippen MR) is 75.2 cm³/mol. The summed E-state index contributed by atoms with van der Waals surface area (Å²) in [7, 11) is -1.33. The van der Waals surface area contributed by atoms with Gasteiger partial charge in [0, 0.05) is 32.0 Å². The van der Waals surface area contributed by atoms with Crippen molar-refractivity contribution in [2.45, 2.75) is 6.54 Å². The molecule has 0 aromatic heterocycles. The minimum absolute atomic E-state index is 0.0262. The molecular formula is C13H21NO4S. The number of rotatable bonds is 9. The van der Waals surface area contributed by atoms with Crippen molar-refractivity contribution in [3.8, 4) is 5.75 Å². The van der Waals surface area contributed by atoms with Crippen molar-refractivity contribution in [1.82, 2.24) is 5.32 Å². The molecule has 0 aliphatic rings. The van der Waals surface area contributed by atoms with E-state index in [2.05, 4.69) is 5.32 Å². The molecule has 1 aromatic carbocycles. The highest BCUT2D eigenvalue weighted by Gasteiger charge is 2.05. The Bertz CT molecular complexity index is 473. The Labute approximate surface area is 114 Å². The van der Waals surface area contributed by atoms with E-state index in [0.717, 1.165) is 17.9 Å². The molecule has 0 atom stereocenters. The van der Waals surface area contributed by atoms with Crippen LogP contribution >= 0.6 is 0 Å². The number of hydrogen-bond acceptors (Lipinski definition) is 5. The van der Waals surface area contributed by atoms with E-state index in [0.29, 0.717) is 13.2 Å². The lowest BCUT2D eigenvalue weighted by Gasteiger charge is -2.11. The van der Waals surface area contributed by atoms with E-state index < -0.39 is 9.84 Å². The number of para-hydroxylation sites is 1. The highest BCUT2D eigenvalue weighted by atomic mass is 32.2. The third kappa shape index (κ3) is 7.15. The summed E-state index contributed by atoms with van der Waals surface area (Å²) in [6.07, 6.45) is 1.20. The quantitative estimate of drug-likeness (QED) is 0.682. The van der Waals surface area contributed by atoms with Crippen LogP contribution in [0.15, 0.2) is 24.3 Å². The van der Waals surface area contributed by atoms with Crippen LogP contribution in [-0.4, -0.2) is 47.3 Å². The first-order chi connectivity index (χ1) is 9.03. The monoisotopic (exact) mass is 287 g/mol. The van der Waals surface area contributed by atoms with Gasteiger partial charge >= 0.3 is 0 Å². The molecule has 19 heavy (non-hydrogen) atoms. The molecule has 0 fully saturated rings. The van der Waals surface area contributed by atoms with E-state index in [-0.39, 0.29) is 12.4 Å². The van der Waals surface area contributed by atoms with Gasteiger partial charge in [0.2, 0.25) is 0 Å². The van der Waals surface area contributed by atoms with E-state index >= 15 is 0 Å². The summed E-state index contributed by atoms with van der Waals surface area (Å²) >= 11 is 0. The molecule has 0 unspecified atom stereocenters. The summed E-state index contributed by atoms with van der Waals surface area (Å²) in [5, 5.41) is 3.23. The van der Waals surface area contributed by atoms with E-state index in [1.54, 1.807) is 7.11 Å². The Kier molecular flexibility index (Phi) is 6.83. The number of benzene rings is 1. The lowest BCUT2D eigenvalue weighted by molar-refractivity contribution is 0.199. The summed E-state index contributed by atoms with van der Waals surface area (Å²) in [5.41, 5.74) is 1.01. The molecule has 0 spiro atoms. The zero-order chi connectivity index (χ0) is 14.1. The minimum Gasteiger partial charge on any atom is -0.492 e. The van der Waals surface area contributed by atoms with Gasteiger partial charge in [-0.05, 0) is 6.07 Å². The maximum atomic E-state index is 11.0. The van der Waals surface area contributed by atoms with Gasteiger partial charge in [-0.3, -0.25) is 0 Å². The fourth-order valence-electron chi connectivity index (χ4n) is 1.49. The Morgan fingerprint density at radius 3 is 2.63 bits per heavy atom. The average Bonchev–Trinajstić information content (AvgIpc) is 2.35. The number of nitrogens with one attached hydrogen (secondary N) is 1. The van der Waals surface area contributed by atoms with Gasteiger partial charge in [0.25, 0.3) is 0 Å². The second kappa shape index (κ2) is 8.14. The van der Waals surface area contributed by atoms with Gasteiger partial charge < -0.3 is 14.8 Å². The highest BCUT2D eigenvalue weighted by molar-refractivity contribution is 7.90. The van der Waals surface area contributed by atoms with Gasteiger partial charge in [-0.1, -0.05) is 18.2 Å². The maximum Gasteiger partial charge on any atom is 0.150 e. The summed E-state index contributed by atoms with van der Waals surface area (Å²) in [5.74, 6) is 0.745. The molecule has 0 bridgehead atoms. The summed E-state index contributed by atoms with van der Waals surface area (Å²) in [6, 6.07) is 7.59. The van der Waals surface area contributed by atoms with E-state index in [9.17, 15) is 8.42 Å². The minimum atomic E-state index is -2.99. The predicted octanol–water partition coefficient (Wildman–Crippen LogP) is 0.846. The van der Waals surface area contributed by atoms with Crippen molar-refractivity contribution >= 4 is 9.84 Å². The molecular weight excluding hydrogens is 266 g/mol. The summed E-state index contributed by atoms with van der Waals surface area (Å²) in [4.78, 5) is 0. The molecule has 0 saturated carbocycles. The molecule has 1 aromatic rings. The molecule has 1 N–H and O–H groups in total. The van der Waals surface area contributed by atoms with Crippen LogP contribution in [0.25, 0.3) is 0 Å². The smallest absolute Gasteiger partial charge is 0.150 e. The fourth-order valence-corrected chi connectivity index (χ4v) is 1.88. The van der Waals surface area contributed by atoms with Crippen molar-refractivity contribution < 1.29 is 17.9 Å². The molecule has 6 heteroatoms. The van der Waals surface area contributed by atoms with E-state index in [1.165, 1.54) is 6.26 Å². The number of methoxy groups -OCH3 is 1. The molecule has 0 aliphatic heterocycles. The second-order valence-electron chi connectivity index (χ2n) is 4.26. The zero-order valence-corrected chi connectivity index (χ0v) is 12.2. The van der Waals surface area contributed by atoms with Crippen molar-refractivity contribution in [3.63, 3.8) is 0 Å². The topological polar surface area (TPSA) is 64.6 Å². The summed E-state index contributed by atoms with van der Waals surface area (Å²) < 4.78 is 32.6. The van der Waals surface area contributed by atoms with Gasteiger partial charge in [0.15, 0.2) is 9.84 Å². The second-order valence-corrected chi connectivity index (χ2v) is 6.52. The van der Waals surface area contributed by atoms with Crippen LogP contribution in [0.5, 0.6) is 5.75 Å². The normalized spacial score (nSPS) is 11.5. The zero-order valence-electron chi connectivity index (χ0n) is 11.4. The van der Waals surface area contributed by atoms with Crippen molar-refractivity contribution in [2.24, 2.45) is 0 Å². The molecule has 1 rings (SSSR count). The fraction of sp³-hybridized carbons (Fsp3) is 0.538. The molecule has 0 amide bonds. The van der Waals surface area contributed by atoms with Crippen LogP contribution < -0.4 is 10.1 Å². The Balaban J connectivity index is 2.48. The third-order valence-electron chi connectivity index (χ3n) is 2.48. The van der Waals surface area contributed by atoms with Crippen molar-refractivity contribution in [2.75, 3.05) is 38.9 Å². The van der Waals surface area contributed by atoms with Gasteiger partial charge in [-0.2, -0.15) is 0 Å². The number of hydrogen-bond donors (Lipinski definition) is 1. The molecule has 0 heterocycles. The lowest BCUT2D eigenvalue weighted by Crippen LogP contribution is -2.19. The Hall–Kier alpha value is -1.11. The molecule has 0 radical (unpaired) electrons. The van der Waals surface area contributed by atoms with Gasteiger partial charge in [0.1, 0.15) is 12.4 Å². The molecule has 0 aliphatic carbocycles. The van der Waals surface area contributed by atoms with Crippen LogP contribution in [0, 0.1) is 0 Å². The summed E-state index contributed by atoms with van der Waals surface area (Å²) in [6.45, 7) is 2.25.